The van der Waals surface area contributed by atoms with E-state index in [1.165, 1.54) is 32.5 Å². The molecule has 0 aliphatic carbocycles. The van der Waals surface area contributed by atoms with Gasteiger partial charge in [-0.3, -0.25) is 19.1 Å². The fourth-order valence-corrected chi connectivity index (χ4v) is 5.03. The van der Waals surface area contributed by atoms with E-state index in [0.717, 1.165) is 14.0 Å². The van der Waals surface area contributed by atoms with Crippen molar-refractivity contribution < 1.29 is 33.3 Å². The van der Waals surface area contributed by atoms with Crippen LogP contribution in [0.5, 0.6) is 0 Å². The molecular formula is C22H25IN2O7S. The second-order valence-corrected chi connectivity index (χ2v) is 9.97. The molecule has 1 aromatic carbocycles. The van der Waals surface area contributed by atoms with Gasteiger partial charge in [-0.15, -0.1) is 0 Å². The van der Waals surface area contributed by atoms with Gasteiger partial charge in [-0.1, -0.05) is 29.5 Å². The summed E-state index contributed by atoms with van der Waals surface area (Å²) >= 11 is 3.48. The first-order valence-corrected chi connectivity index (χ1v) is 12.2. The van der Waals surface area contributed by atoms with E-state index in [0.29, 0.717) is 0 Å². The van der Waals surface area contributed by atoms with Crippen LogP contribution in [0.3, 0.4) is 0 Å². The lowest BCUT2D eigenvalue weighted by Gasteiger charge is -2.44. The summed E-state index contributed by atoms with van der Waals surface area (Å²) in [5.41, 5.74) is 0.419. The van der Waals surface area contributed by atoms with Gasteiger partial charge in [0.1, 0.15) is 24.2 Å². The molecule has 2 heterocycles. The Morgan fingerprint density at radius 2 is 1.70 bits per heavy atom. The highest BCUT2D eigenvalue weighted by atomic mass is 127. The number of aryl methyl sites for hydroxylation is 1. The van der Waals surface area contributed by atoms with Gasteiger partial charge in [0.2, 0.25) is 0 Å². The summed E-state index contributed by atoms with van der Waals surface area (Å²) in [6, 6.07) is 7.12. The molecular weight excluding hydrogens is 563 g/mol. The molecule has 0 radical (unpaired) electrons. The Labute approximate surface area is 209 Å². The highest BCUT2D eigenvalue weighted by molar-refractivity contribution is 14.1. The van der Waals surface area contributed by atoms with Crippen molar-refractivity contribution in [2.45, 2.75) is 62.4 Å². The molecule has 0 amide bonds. The molecule has 2 aromatic rings. The Morgan fingerprint density at radius 3 is 2.24 bits per heavy atom. The summed E-state index contributed by atoms with van der Waals surface area (Å²) in [5.74, 6) is -1.55. The monoisotopic (exact) mass is 588 g/mol. The van der Waals surface area contributed by atoms with E-state index in [1.54, 1.807) is 17.1 Å². The van der Waals surface area contributed by atoms with Crippen LogP contribution in [0, 0.1) is 10.5 Å². The van der Waals surface area contributed by atoms with E-state index in [-0.39, 0.29) is 6.61 Å². The number of thioether (sulfide) groups is 1. The topological polar surface area (TPSA) is 106 Å². The van der Waals surface area contributed by atoms with Crippen molar-refractivity contribution >= 4 is 52.3 Å². The number of carbonyl (C=O) groups is 3. The lowest BCUT2D eigenvalue weighted by atomic mass is 9.96. The van der Waals surface area contributed by atoms with Crippen LogP contribution in [-0.2, 0) is 33.3 Å². The first-order chi connectivity index (χ1) is 15.6. The van der Waals surface area contributed by atoms with Crippen molar-refractivity contribution in [2.24, 2.45) is 0 Å². The molecule has 1 aromatic heterocycles. The molecule has 1 fully saturated rings. The molecule has 1 aliphatic rings. The number of ether oxygens (including phenoxy) is 4. The van der Waals surface area contributed by atoms with E-state index >= 15 is 0 Å². The van der Waals surface area contributed by atoms with Gasteiger partial charge in [0.05, 0.1) is 9.77 Å². The Kier molecular flexibility index (Phi) is 8.76. The van der Waals surface area contributed by atoms with Gasteiger partial charge in [-0.2, -0.15) is 5.10 Å². The molecule has 0 saturated carbocycles. The second kappa shape index (κ2) is 11.3. The molecule has 5 atom stereocenters. The van der Waals surface area contributed by atoms with E-state index < -0.39 is 47.7 Å². The van der Waals surface area contributed by atoms with Gasteiger partial charge in [0, 0.05) is 31.9 Å². The van der Waals surface area contributed by atoms with Crippen LogP contribution < -0.4 is 0 Å². The molecule has 0 bridgehead atoms. The van der Waals surface area contributed by atoms with Gasteiger partial charge in [0.15, 0.2) is 12.2 Å². The fraction of sp³-hybridized carbons (Fsp3) is 0.455. The summed E-state index contributed by atoms with van der Waals surface area (Å²) in [5, 5.41) is 4.39. The van der Waals surface area contributed by atoms with Gasteiger partial charge in [-0.05, 0) is 41.6 Å². The van der Waals surface area contributed by atoms with Gasteiger partial charge in [0.25, 0.3) is 0 Å². The average Bonchev–Trinajstić information content (AvgIpc) is 3.15. The summed E-state index contributed by atoms with van der Waals surface area (Å²) in [6.07, 6.45) is 0.841. The van der Waals surface area contributed by atoms with Crippen molar-refractivity contribution in [3.8, 4) is 0 Å². The van der Waals surface area contributed by atoms with Crippen molar-refractivity contribution in [2.75, 3.05) is 6.61 Å². The SMILES string of the molecule is CC(=O)OCC1O[C@@H](Sc2ccc(C)cc2)C(OC(C)=O)C(n2cc(I)cn2)[C@H]1OC(C)=O. The molecule has 33 heavy (non-hydrogen) atoms. The minimum Gasteiger partial charge on any atom is -0.463 e. The third-order valence-corrected chi connectivity index (χ3v) is 6.53. The van der Waals surface area contributed by atoms with Crippen molar-refractivity contribution in [1.29, 1.82) is 0 Å². The number of esters is 3. The number of aromatic nitrogens is 2. The first-order valence-electron chi connectivity index (χ1n) is 10.2. The van der Waals surface area contributed by atoms with Crippen LogP contribution in [0.4, 0.5) is 0 Å². The van der Waals surface area contributed by atoms with Gasteiger partial charge in [-0.25, -0.2) is 0 Å². The average molecular weight is 588 g/mol. The summed E-state index contributed by atoms with van der Waals surface area (Å²) in [6.45, 7) is 5.72. The number of rotatable bonds is 7. The van der Waals surface area contributed by atoms with Crippen LogP contribution in [0.15, 0.2) is 41.6 Å². The molecule has 0 spiro atoms. The molecule has 9 nitrogen and oxygen atoms in total. The smallest absolute Gasteiger partial charge is 0.303 e. The number of nitrogens with zero attached hydrogens (tertiary/aromatic N) is 2. The minimum atomic E-state index is -0.920. The van der Waals surface area contributed by atoms with Gasteiger partial charge >= 0.3 is 17.9 Å². The number of benzene rings is 1. The first kappa shape index (κ1) is 25.5. The lowest BCUT2D eigenvalue weighted by molar-refractivity contribution is -0.212. The zero-order valence-corrected chi connectivity index (χ0v) is 21.6. The van der Waals surface area contributed by atoms with Crippen molar-refractivity contribution in [3.05, 3.63) is 45.8 Å². The van der Waals surface area contributed by atoms with Crippen LogP contribution in [-0.4, -0.2) is 58.0 Å². The van der Waals surface area contributed by atoms with Crippen LogP contribution in [0.2, 0.25) is 0 Å². The summed E-state index contributed by atoms with van der Waals surface area (Å²) < 4.78 is 25.2. The third kappa shape index (κ3) is 6.93. The Balaban J connectivity index is 2.04. The predicted molar refractivity (Wildman–Crippen MR) is 127 cm³/mol. The number of halogens is 1. The molecule has 3 rings (SSSR count). The maximum atomic E-state index is 12.1. The van der Waals surface area contributed by atoms with Crippen LogP contribution in [0.1, 0.15) is 32.4 Å². The predicted octanol–water partition coefficient (Wildman–Crippen LogP) is 3.28. The number of hydrogen-bond donors (Lipinski definition) is 0. The zero-order valence-electron chi connectivity index (χ0n) is 18.6. The van der Waals surface area contributed by atoms with E-state index in [4.69, 9.17) is 18.9 Å². The Hall–Kier alpha value is -2.12. The third-order valence-electron chi connectivity index (χ3n) is 4.82. The lowest BCUT2D eigenvalue weighted by Crippen LogP contribution is -2.57. The van der Waals surface area contributed by atoms with Gasteiger partial charge < -0.3 is 18.9 Å². The maximum Gasteiger partial charge on any atom is 0.303 e. The molecule has 11 heteroatoms. The van der Waals surface area contributed by atoms with E-state index in [2.05, 4.69) is 27.7 Å². The number of carbonyl (C=O) groups excluding carboxylic acids is 3. The maximum absolute atomic E-state index is 12.1. The van der Waals surface area contributed by atoms with Crippen molar-refractivity contribution in [1.82, 2.24) is 9.78 Å². The number of hydrogen-bond acceptors (Lipinski definition) is 9. The molecule has 1 saturated heterocycles. The normalized spacial score (nSPS) is 24.7. The Morgan fingerprint density at radius 1 is 1.06 bits per heavy atom. The Bertz CT molecular complexity index is 997. The quantitative estimate of drug-likeness (QED) is 0.274. The standard InChI is InChI=1S/C22H25IN2O7S/c1-12-5-7-17(8-6-12)33-22-21(31-15(4)28)19(25-10-16(23)9-24-25)20(30-14(3)27)18(32-22)11-29-13(2)26/h5-10,18-22H,11H2,1-4H3/t18?,19?,20-,21?,22-/m0/s1. The van der Waals surface area contributed by atoms with Crippen molar-refractivity contribution in [3.63, 3.8) is 0 Å². The molecule has 1 aliphatic heterocycles. The largest absolute Gasteiger partial charge is 0.463 e. The van der Waals surface area contributed by atoms with E-state index in [1.807, 2.05) is 31.2 Å². The summed E-state index contributed by atoms with van der Waals surface area (Å²) in [7, 11) is 0. The fourth-order valence-electron chi connectivity index (χ4n) is 3.51. The minimum absolute atomic E-state index is 0.139. The van der Waals surface area contributed by atoms with Crippen LogP contribution in [0.25, 0.3) is 0 Å². The summed E-state index contributed by atoms with van der Waals surface area (Å²) in [4.78, 5) is 36.5. The molecule has 3 unspecified atom stereocenters. The zero-order chi connectivity index (χ0) is 24.1. The van der Waals surface area contributed by atoms with Crippen LogP contribution >= 0.6 is 34.4 Å². The molecule has 178 valence electrons. The second-order valence-electron chi connectivity index (χ2n) is 7.55. The molecule has 0 N–H and O–H groups in total. The highest BCUT2D eigenvalue weighted by Crippen LogP contribution is 2.41. The van der Waals surface area contributed by atoms with E-state index in [9.17, 15) is 14.4 Å². The highest BCUT2D eigenvalue weighted by Gasteiger charge is 2.51.